The fourth-order valence-electron chi connectivity index (χ4n) is 3.15. The number of carbonyl (C=O) groups is 1. The Morgan fingerprint density at radius 2 is 2.00 bits per heavy atom. The Balaban J connectivity index is 1.67. The quantitative estimate of drug-likeness (QED) is 0.461. The lowest BCUT2D eigenvalue weighted by Gasteiger charge is -2.10. The predicted octanol–water partition coefficient (Wildman–Crippen LogP) is 3.53. The average Bonchev–Trinajstić information content (AvgIpc) is 3.44. The highest BCUT2D eigenvalue weighted by molar-refractivity contribution is 5.92. The highest BCUT2D eigenvalue weighted by Gasteiger charge is 2.18. The summed E-state index contributed by atoms with van der Waals surface area (Å²) in [7, 11) is 1.59. The number of methoxy groups -OCH3 is 1. The molecule has 0 unspecified atom stereocenters. The number of nitrogens with zero attached hydrogens (tertiary/aromatic N) is 3. The topological polar surface area (TPSA) is 115 Å². The summed E-state index contributed by atoms with van der Waals surface area (Å²) in [6.45, 7) is 3.89. The molecule has 0 saturated heterocycles. The van der Waals surface area contributed by atoms with Crippen LogP contribution in [0.1, 0.15) is 31.0 Å². The summed E-state index contributed by atoms with van der Waals surface area (Å²) in [6, 6.07) is 13.9. The van der Waals surface area contributed by atoms with E-state index in [1.54, 1.807) is 37.4 Å². The summed E-state index contributed by atoms with van der Waals surface area (Å²) in [4.78, 5) is 32.2. The lowest BCUT2D eigenvalue weighted by atomic mass is 10.1. The van der Waals surface area contributed by atoms with Crippen molar-refractivity contribution in [3.63, 3.8) is 0 Å². The van der Waals surface area contributed by atoms with Gasteiger partial charge in [0, 0.05) is 12.1 Å². The van der Waals surface area contributed by atoms with Gasteiger partial charge in [0.05, 0.1) is 25.5 Å². The molecule has 32 heavy (non-hydrogen) atoms. The number of hydrogen-bond donors (Lipinski definition) is 2. The summed E-state index contributed by atoms with van der Waals surface area (Å²) in [6.07, 6.45) is 1.69. The van der Waals surface area contributed by atoms with Crippen molar-refractivity contribution >= 4 is 11.7 Å². The van der Waals surface area contributed by atoms with Gasteiger partial charge in [0.15, 0.2) is 5.76 Å². The fraction of sp³-hybridized carbons (Fsp3) is 0.217. The van der Waals surface area contributed by atoms with E-state index in [2.05, 4.69) is 20.4 Å². The van der Waals surface area contributed by atoms with E-state index in [0.29, 0.717) is 23.0 Å². The number of aromatic amines is 1. The summed E-state index contributed by atoms with van der Waals surface area (Å²) in [5, 5.41) is 7.37. The largest absolute Gasteiger partial charge is 0.497 e. The molecule has 2 N–H and O–H groups in total. The van der Waals surface area contributed by atoms with Crippen LogP contribution in [0.3, 0.4) is 0 Å². The number of ether oxygens (including phenoxy) is 1. The van der Waals surface area contributed by atoms with Gasteiger partial charge in [-0.3, -0.25) is 14.6 Å². The van der Waals surface area contributed by atoms with Gasteiger partial charge in [-0.25, -0.2) is 4.98 Å². The monoisotopic (exact) mass is 433 g/mol. The second-order valence-electron chi connectivity index (χ2n) is 7.53. The first kappa shape index (κ1) is 21.1. The molecule has 0 saturated carbocycles. The molecule has 0 aliphatic heterocycles. The van der Waals surface area contributed by atoms with Gasteiger partial charge in [0.25, 0.3) is 5.56 Å². The van der Waals surface area contributed by atoms with Crippen molar-refractivity contribution in [1.82, 2.24) is 19.7 Å². The molecule has 1 amide bonds. The zero-order chi connectivity index (χ0) is 22.7. The van der Waals surface area contributed by atoms with Gasteiger partial charge in [-0.2, -0.15) is 9.78 Å². The molecule has 0 aliphatic carbocycles. The second-order valence-corrected chi connectivity index (χ2v) is 7.53. The third-order valence-corrected chi connectivity index (χ3v) is 4.82. The van der Waals surface area contributed by atoms with E-state index in [-0.39, 0.29) is 29.8 Å². The maximum Gasteiger partial charge on any atom is 0.252 e. The molecule has 9 heteroatoms. The van der Waals surface area contributed by atoms with E-state index >= 15 is 0 Å². The molecule has 4 rings (SSSR count). The third kappa shape index (κ3) is 4.61. The van der Waals surface area contributed by atoms with Crippen LogP contribution in [0.2, 0.25) is 0 Å². The van der Waals surface area contributed by atoms with E-state index in [4.69, 9.17) is 9.15 Å². The summed E-state index contributed by atoms with van der Waals surface area (Å²) < 4.78 is 12.0. The molecule has 9 nitrogen and oxygen atoms in total. The summed E-state index contributed by atoms with van der Waals surface area (Å²) in [5.41, 5.74) is 1.64. The summed E-state index contributed by atoms with van der Waals surface area (Å²) in [5.74, 6) is 1.61. The average molecular weight is 433 g/mol. The first-order valence-electron chi connectivity index (χ1n) is 10.1. The van der Waals surface area contributed by atoms with Crippen LogP contribution in [-0.4, -0.2) is 32.8 Å². The summed E-state index contributed by atoms with van der Waals surface area (Å²) >= 11 is 0. The van der Waals surface area contributed by atoms with Crippen LogP contribution in [0.4, 0.5) is 5.82 Å². The van der Waals surface area contributed by atoms with Gasteiger partial charge in [0.1, 0.15) is 17.3 Å². The lowest BCUT2D eigenvalue weighted by molar-refractivity contribution is -0.115. The van der Waals surface area contributed by atoms with E-state index in [1.807, 2.05) is 26.0 Å². The van der Waals surface area contributed by atoms with Gasteiger partial charge in [-0.15, -0.1) is 0 Å². The highest BCUT2D eigenvalue weighted by Crippen LogP contribution is 2.24. The molecular weight excluding hydrogens is 410 g/mol. The SMILES string of the molecule is COc1ccc(CC(=O)Nc2cc(-c3ccco3)nn2-c2nc(C(C)C)cc(=O)[nH]2)cc1. The molecular formula is C23H23N5O4. The van der Waals surface area contributed by atoms with Crippen molar-refractivity contribution in [3.05, 3.63) is 76.4 Å². The van der Waals surface area contributed by atoms with Crippen molar-refractivity contribution in [2.75, 3.05) is 12.4 Å². The van der Waals surface area contributed by atoms with Gasteiger partial charge in [0.2, 0.25) is 11.9 Å². The fourth-order valence-corrected chi connectivity index (χ4v) is 3.15. The van der Waals surface area contributed by atoms with Crippen LogP contribution in [0, 0.1) is 0 Å². The number of amides is 1. The van der Waals surface area contributed by atoms with Crippen molar-refractivity contribution in [3.8, 4) is 23.2 Å². The van der Waals surface area contributed by atoms with Crippen molar-refractivity contribution in [2.45, 2.75) is 26.2 Å². The van der Waals surface area contributed by atoms with E-state index < -0.39 is 0 Å². The number of furan rings is 1. The molecule has 164 valence electrons. The van der Waals surface area contributed by atoms with Crippen molar-refractivity contribution in [1.29, 1.82) is 0 Å². The highest BCUT2D eigenvalue weighted by atomic mass is 16.5. The smallest absolute Gasteiger partial charge is 0.252 e. The van der Waals surface area contributed by atoms with Crippen molar-refractivity contribution in [2.24, 2.45) is 0 Å². The Morgan fingerprint density at radius 3 is 2.66 bits per heavy atom. The van der Waals surface area contributed by atoms with Crippen LogP contribution < -0.4 is 15.6 Å². The second kappa shape index (κ2) is 8.93. The van der Waals surface area contributed by atoms with E-state index in [0.717, 1.165) is 11.3 Å². The number of H-pyrrole nitrogens is 1. The first-order valence-corrected chi connectivity index (χ1v) is 10.1. The third-order valence-electron chi connectivity index (χ3n) is 4.82. The van der Waals surface area contributed by atoms with Crippen LogP contribution in [0.5, 0.6) is 5.75 Å². The zero-order valence-corrected chi connectivity index (χ0v) is 18.0. The van der Waals surface area contributed by atoms with E-state index in [9.17, 15) is 9.59 Å². The number of benzene rings is 1. The Kier molecular flexibility index (Phi) is 5.89. The lowest BCUT2D eigenvalue weighted by Crippen LogP contribution is -2.20. The molecule has 0 bridgehead atoms. The van der Waals surface area contributed by atoms with Gasteiger partial charge in [-0.05, 0) is 35.7 Å². The van der Waals surface area contributed by atoms with Crippen LogP contribution in [0.15, 0.2) is 64.0 Å². The molecule has 4 aromatic rings. The Morgan fingerprint density at radius 1 is 1.22 bits per heavy atom. The number of carbonyl (C=O) groups excluding carboxylic acids is 1. The minimum Gasteiger partial charge on any atom is -0.497 e. The molecule has 0 aliphatic rings. The maximum absolute atomic E-state index is 12.8. The van der Waals surface area contributed by atoms with Crippen LogP contribution in [-0.2, 0) is 11.2 Å². The van der Waals surface area contributed by atoms with Crippen molar-refractivity contribution < 1.29 is 13.9 Å². The Bertz CT molecular complexity index is 1270. The number of nitrogens with one attached hydrogen (secondary N) is 2. The first-order chi connectivity index (χ1) is 15.4. The Labute approximate surface area is 184 Å². The van der Waals surface area contributed by atoms with Crippen LogP contribution in [0.25, 0.3) is 17.4 Å². The number of hydrogen-bond acceptors (Lipinski definition) is 6. The standard InChI is InChI=1S/C23H23N5O4/c1-14(2)17-13-22(30)26-23(24-17)28-20(12-18(27-28)19-5-4-10-32-19)25-21(29)11-15-6-8-16(31-3)9-7-15/h4-10,12-14H,11H2,1-3H3,(H,25,29)(H,24,26,30). The van der Waals surface area contributed by atoms with E-state index in [1.165, 1.54) is 17.0 Å². The minimum absolute atomic E-state index is 0.0456. The molecule has 3 aromatic heterocycles. The van der Waals surface area contributed by atoms with Gasteiger partial charge >= 0.3 is 0 Å². The normalized spacial score (nSPS) is 11.0. The number of aromatic nitrogens is 4. The maximum atomic E-state index is 12.8. The number of rotatable bonds is 7. The molecule has 0 atom stereocenters. The molecule has 0 fully saturated rings. The molecule has 1 aromatic carbocycles. The Hall–Kier alpha value is -4.14. The molecule has 3 heterocycles. The predicted molar refractivity (Wildman–Crippen MR) is 119 cm³/mol. The van der Waals surface area contributed by atoms with Gasteiger partial charge < -0.3 is 14.5 Å². The molecule has 0 radical (unpaired) electrons. The molecule has 0 spiro atoms. The minimum atomic E-state index is -0.302. The zero-order valence-electron chi connectivity index (χ0n) is 18.0. The van der Waals surface area contributed by atoms with Gasteiger partial charge in [-0.1, -0.05) is 26.0 Å². The number of anilines is 1. The van der Waals surface area contributed by atoms with Crippen LogP contribution >= 0.6 is 0 Å².